The molecule has 0 aromatic heterocycles. The molecule has 0 spiro atoms. The van der Waals surface area contributed by atoms with Gasteiger partial charge in [-0.05, 0) is 49.3 Å². The molecule has 0 aliphatic carbocycles. The van der Waals surface area contributed by atoms with Crippen LogP contribution in [0.4, 0.5) is 0 Å². The van der Waals surface area contributed by atoms with E-state index in [1.807, 2.05) is 91.0 Å². The van der Waals surface area contributed by atoms with Crippen molar-refractivity contribution in [3.8, 4) is 0 Å². The quantitative estimate of drug-likeness (QED) is 0.0460. The van der Waals surface area contributed by atoms with E-state index in [9.17, 15) is 28.8 Å². The van der Waals surface area contributed by atoms with E-state index < -0.39 is 49.3 Å². The Balaban J connectivity index is 0.000000521. The number of benzene rings is 3. The Hall–Kier alpha value is -5.04. The summed E-state index contributed by atoms with van der Waals surface area (Å²) in [5, 5.41) is 23.9. The van der Waals surface area contributed by atoms with Gasteiger partial charge in [-0.25, -0.2) is 4.79 Å². The Bertz CT molecular complexity index is 1630. The van der Waals surface area contributed by atoms with Gasteiger partial charge in [-0.15, -0.1) is 0 Å². The predicted molar refractivity (Wildman–Crippen MR) is 200 cm³/mol. The number of aliphatic imine (C=N–C) groups is 1. The van der Waals surface area contributed by atoms with Gasteiger partial charge < -0.3 is 42.2 Å². The van der Waals surface area contributed by atoms with Crippen LogP contribution < -0.4 is 27.6 Å². The number of carboxylic acids is 2. The van der Waals surface area contributed by atoms with E-state index in [0.29, 0.717) is 38.8 Å². The lowest BCUT2D eigenvalue weighted by molar-refractivity contribution is -0.144. The van der Waals surface area contributed by atoms with Gasteiger partial charge >= 0.3 is 11.9 Å². The van der Waals surface area contributed by atoms with Crippen molar-refractivity contribution >= 4 is 37.0 Å². The topological polar surface area (TPSA) is 244 Å². The normalized spacial score (nSPS) is 15.7. The highest BCUT2D eigenvalue weighted by atomic mass is 31.2. The first-order chi connectivity index (χ1) is 24.8. The van der Waals surface area contributed by atoms with E-state index in [0.717, 1.165) is 16.7 Å². The molecule has 15 heteroatoms. The van der Waals surface area contributed by atoms with Crippen molar-refractivity contribution in [3.63, 3.8) is 0 Å². The van der Waals surface area contributed by atoms with Gasteiger partial charge in [0.05, 0.1) is 6.04 Å². The molecule has 52 heavy (non-hydrogen) atoms. The average Bonchev–Trinajstić information content (AvgIpc) is 3.61. The predicted octanol–water partition coefficient (Wildman–Crippen LogP) is 2.90. The number of nitrogens with zero attached hydrogens (tertiary/aromatic N) is 2. The van der Waals surface area contributed by atoms with Gasteiger partial charge in [-0.1, -0.05) is 91.0 Å². The third-order valence-electron chi connectivity index (χ3n) is 8.38. The minimum atomic E-state index is -3.11. The number of likely N-dealkylation sites (tertiary alicyclic amines) is 1. The number of hydrogen-bond acceptors (Lipinski definition) is 7. The fourth-order valence-electron chi connectivity index (χ4n) is 5.82. The van der Waals surface area contributed by atoms with Gasteiger partial charge in [0.2, 0.25) is 11.8 Å². The molecule has 1 heterocycles. The second-order valence-electron chi connectivity index (χ2n) is 12.7. The number of rotatable bonds is 17. The van der Waals surface area contributed by atoms with Crippen molar-refractivity contribution in [1.29, 1.82) is 0 Å². The van der Waals surface area contributed by atoms with Crippen LogP contribution in [0.2, 0.25) is 0 Å². The summed E-state index contributed by atoms with van der Waals surface area (Å²) in [4.78, 5) is 54.1. The second-order valence-corrected chi connectivity index (χ2v) is 15.4. The largest absolute Gasteiger partial charge is 0.480 e. The van der Waals surface area contributed by atoms with Crippen LogP contribution in [0, 0.1) is 0 Å². The molecule has 4 atom stereocenters. The van der Waals surface area contributed by atoms with Crippen LogP contribution in [-0.4, -0.2) is 82.1 Å². The van der Waals surface area contributed by atoms with Crippen LogP contribution >= 0.6 is 7.29 Å². The van der Waals surface area contributed by atoms with Crippen molar-refractivity contribution in [3.05, 3.63) is 108 Å². The molecule has 3 aromatic carbocycles. The number of guanidine groups is 1. The Morgan fingerprint density at radius 1 is 0.865 bits per heavy atom. The van der Waals surface area contributed by atoms with Crippen molar-refractivity contribution in [2.45, 2.75) is 75.5 Å². The van der Waals surface area contributed by atoms with E-state index in [4.69, 9.17) is 22.3 Å². The van der Waals surface area contributed by atoms with Crippen molar-refractivity contribution < 1.29 is 34.0 Å². The number of carboxylic acid groups (broad SMARTS) is 2. The summed E-state index contributed by atoms with van der Waals surface area (Å²) >= 11 is 0. The van der Waals surface area contributed by atoms with Crippen LogP contribution in [-0.2, 0) is 42.5 Å². The molecule has 2 amide bonds. The zero-order valence-electron chi connectivity index (χ0n) is 29.3. The Morgan fingerprint density at radius 3 is 1.87 bits per heavy atom. The van der Waals surface area contributed by atoms with Crippen molar-refractivity contribution in [2.24, 2.45) is 22.2 Å². The lowest BCUT2D eigenvalue weighted by atomic mass is 10.1. The van der Waals surface area contributed by atoms with Gasteiger partial charge in [0.25, 0.3) is 0 Å². The first kappa shape index (κ1) is 41.4. The zero-order chi connectivity index (χ0) is 38.1. The second kappa shape index (κ2) is 20.7. The van der Waals surface area contributed by atoms with Gasteiger partial charge in [-0.2, -0.15) is 0 Å². The molecule has 3 aromatic rings. The molecule has 1 fully saturated rings. The van der Waals surface area contributed by atoms with Crippen LogP contribution in [0.25, 0.3) is 0 Å². The monoisotopic (exact) mass is 735 g/mol. The molecule has 0 saturated carbocycles. The summed E-state index contributed by atoms with van der Waals surface area (Å²) in [5.41, 5.74) is 17.9. The molecule has 14 nitrogen and oxygen atoms in total. The minimum Gasteiger partial charge on any atom is -0.480 e. The van der Waals surface area contributed by atoms with Gasteiger partial charge in [-0.3, -0.25) is 24.5 Å². The highest BCUT2D eigenvalue weighted by Crippen LogP contribution is 2.49. The maximum Gasteiger partial charge on any atom is 0.326 e. The number of hydrogen-bond donors (Lipinski definition) is 7. The molecule has 1 saturated heterocycles. The van der Waals surface area contributed by atoms with E-state index in [1.54, 1.807) is 6.92 Å². The number of nitrogens with one attached hydrogen (secondary N) is 2. The average molecular weight is 736 g/mol. The van der Waals surface area contributed by atoms with Crippen LogP contribution in [0.3, 0.4) is 0 Å². The molecule has 0 bridgehead atoms. The third kappa shape index (κ3) is 13.9. The molecule has 0 radical (unpaired) electrons. The van der Waals surface area contributed by atoms with Gasteiger partial charge in [0.1, 0.15) is 18.1 Å². The zero-order valence-corrected chi connectivity index (χ0v) is 30.2. The number of carbonyl (C=O) groups is 4. The standard InChI is InChI=1S/C31H36N3O5P.C6H14N4O2/c1-23(33-40(39,21-25-14-7-3-8-15-25)22-26-16-9-4-10-17-26)30(36)34-19-11-18-28(34)29(35)32-27(31(37)38)20-24-12-5-2-6-13-24;7-4(5(11)12)2-1-3-10-6(8)9/h2-10,12-17,23,27-28H,11,18-22H2,1H3,(H,32,35)(H,33,39)(H,37,38);4H,1-3,7H2,(H,11,12)(H4,8,9,10)/t23-,27-,28-;4-/m00/s1. The molecule has 4 rings (SSSR count). The number of carbonyl (C=O) groups excluding carboxylic acids is 2. The summed E-state index contributed by atoms with van der Waals surface area (Å²) in [6, 6.07) is 24.6. The molecule has 280 valence electrons. The van der Waals surface area contributed by atoms with Crippen LogP contribution in [0.15, 0.2) is 96.0 Å². The summed E-state index contributed by atoms with van der Waals surface area (Å²) < 4.78 is 14.3. The molecule has 1 aliphatic heterocycles. The Labute approximate surface area is 304 Å². The summed E-state index contributed by atoms with van der Waals surface area (Å²) in [5.74, 6) is -2.93. The Morgan fingerprint density at radius 2 is 1.38 bits per heavy atom. The first-order valence-corrected chi connectivity index (χ1v) is 19.2. The summed E-state index contributed by atoms with van der Waals surface area (Å²) in [6.45, 7) is 2.47. The SMILES string of the molecule is C[C@H](NP(=O)(Cc1ccccc1)Cc1ccccc1)C(=O)N1CCC[C@H]1C(=O)N[C@@H](Cc1ccccc1)C(=O)O.NC(N)=NCCC[C@H](N)C(=O)O. The van der Waals surface area contributed by atoms with E-state index >= 15 is 0 Å². The fraction of sp³-hybridized carbons (Fsp3) is 0.378. The third-order valence-corrected chi connectivity index (χ3v) is 11.0. The molecular weight excluding hydrogens is 685 g/mol. The van der Waals surface area contributed by atoms with Gasteiger partial charge in [0, 0.05) is 31.8 Å². The molecule has 10 N–H and O–H groups in total. The molecule has 1 aliphatic rings. The first-order valence-electron chi connectivity index (χ1n) is 17.1. The fourth-order valence-corrected chi connectivity index (χ4v) is 8.54. The van der Waals surface area contributed by atoms with Crippen LogP contribution in [0.5, 0.6) is 0 Å². The van der Waals surface area contributed by atoms with Gasteiger partial charge in [0.15, 0.2) is 13.3 Å². The van der Waals surface area contributed by atoms with Crippen LogP contribution in [0.1, 0.15) is 49.3 Å². The minimum absolute atomic E-state index is 0.0129. The highest BCUT2D eigenvalue weighted by molar-refractivity contribution is 7.60. The maximum absolute atomic E-state index is 14.3. The van der Waals surface area contributed by atoms with E-state index in [2.05, 4.69) is 15.4 Å². The highest BCUT2D eigenvalue weighted by Gasteiger charge is 2.39. The van der Waals surface area contributed by atoms with E-state index in [1.165, 1.54) is 4.90 Å². The smallest absolute Gasteiger partial charge is 0.326 e. The lowest BCUT2D eigenvalue weighted by Gasteiger charge is -2.30. The van der Waals surface area contributed by atoms with Crippen molar-refractivity contribution in [1.82, 2.24) is 15.3 Å². The summed E-state index contributed by atoms with van der Waals surface area (Å²) in [7, 11) is -3.11. The van der Waals surface area contributed by atoms with Crippen molar-refractivity contribution in [2.75, 3.05) is 13.1 Å². The molecule has 0 unspecified atom stereocenters. The maximum atomic E-state index is 14.3. The number of amides is 2. The number of nitrogens with two attached hydrogens (primary N) is 3. The number of aliphatic carboxylic acids is 2. The summed E-state index contributed by atoms with van der Waals surface area (Å²) in [6.07, 6.45) is 2.72. The molecular formula is C37H50N7O7P. The van der Waals surface area contributed by atoms with E-state index in [-0.39, 0.29) is 30.6 Å². The lowest BCUT2D eigenvalue weighted by Crippen LogP contribution is -2.54. The Kier molecular flexibility index (Phi) is 16.5.